The van der Waals surface area contributed by atoms with Gasteiger partial charge in [0.1, 0.15) is 18.6 Å². The Balaban J connectivity index is 1.53. The van der Waals surface area contributed by atoms with Crippen LogP contribution in [0.1, 0.15) is 5.56 Å². The summed E-state index contributed by atoms with van der Waals surface area (Å²) in [6.07, 6.45) is 0. The molecule has 2 aliphatic rings. The quantitative estimate of drug-likeness (QED) is 0.348. The summed E-state index contributed by atoms with van der Waals surface area (Å²) < 4.78 is 5.21. The number of esters is 1. The van der Waals surface area contributed by atoms with Crippen molar-refractivity contribution in [3.05, 3.63) is 70.3 Å². The maximum absolute atomic E-state index is 12.9. The summed E-state index contributed by atoms with van der Waals surface area (Å²) in [7, 11) is 0. The number of hydrazone groups is 1. The first-order chi connectivity index (χ1) is 14.0. The van der Waals surface area contributed by atoms with E-state index in [1.54, 1.807) is 24.3 Å². The Labute approximate surface area is 163 Å². The number of anilines is 1. The van der Waals surface area contributed by atoms with Gasteiger partial charge in [0.2, 0.25) is 5.91 Å². The van der Waals surface area contributed by atoms with Crippen molar-refractivity contribution in [3.63, 3.8) is 0 Å². The molecule has 4 rings (SSSR count). The van der Waals surface area contributed by atoms with Crippen molar-refractivity contribution in [2.75, 3.05) is 4.90 Å². The second-order valence-corrected chi connectivity index (χ2v) is 6.43. The lowest BCUT2D eigenvalue weighted by molar-refractivity contribution is -0.384. The van der Waals surface area contributed by atoms with Crippen LogP contribution in [0.25, 0.3) is 0 Å². The van der Waals surface area contributed by atoms with Gasteiger partial charge < -0.3 is 4.74 Å². The van der Waals surface area contributed by atoms with Crippen LogP contribution in [0.15, 0.2) is 59.7 Å². The van der Waals surface area contributed by atoms with Gasteiger partial charge in [-0.2, -0.15) is 5.10 Å². The van der Waals surface area contributed by atoms with Crippen LogP contribution in [0, 0.1) is 16.0 Å². The number of nitrogens with one attached hydrogen (secondary N) is 1. The largest absolute Gasteiger partial charge is 0.456 e. The Morgan fingerprint density at radius 2 is 1.90 bits per heavy atom. The highest BCUT2D eigenvalue weighted by molar-refractivity contribution is 6.46. The van der Waals surface area contributed by atoms with Crippen molar-refractivity contribution in [2.45, 2.75) is 12.6 Å². The van der Waals surface area contributed by atoms with Crippen molar-refractivity contribution in [3.8, 4) is 0 Å². The molecule has 0 bridgehead atoms. The van der Waals surface area contributed by atoms with Crippen LogP contribution in [-0.4, -0.2) is 34.5 Å². The molecule has 2 amide bonds. The molecule has 1 saturated heterocycles. The molecule has 2 aromatic rings. The summed E-state index contributed by atoms with van der Waals surface area (Å²) in [5.41, 5.74) is 2.87. The van der Waals surface area contributed by atoms with Gasteiger partial charge in [0.15, 0.2) is 5.71 Å². The Morgan fingerprint density at radius 1 is 1.14 bits per heavy atom. The number of fused-ring (bicyclic) bond motifs is 1. The molecule has 146 valence electrons. The van der Waals surface area contributed by atoms with E-state index in [1.165, 1.54) is 18.2 Å². The normalized spacial score (nSPS) is 20.1. The molecule has 29 heavy (non-hydrogen) atoms. The van der Waals surface area contributed by atoms with Gasteiger partial charge in [-0.3, -0.25) is 25.1 Å². The van der Waals surface area contributed by atoms with E-state index in [2.05, 4.69) is 10.5 Å². The number of carbonyl (C=O) groups excluding carboxylic acids is 3. The van der Waals surface area contributed by atoms with Crippen LogP contribution in [0.3, 0.4) is 0 Å². The van der Waals surface area contributed by atoms with Crippen molar-refractivity contribution in [1.82, 2.24) is 5.43 Å². The fourth-order valence-corrected chi connectivity index (χ4v) is 3.25. The highest BCUT2D eigenvalue weighted by Crippen LogP contribution is 2.32. The van der Waals surface area contributed by atoms with Crippen molar-refractivity contribution >= 4 is 34.9 Å². The first-order valence-corrected chi connectivity index (χ1v) is 8.64. The number of ether oxygens (including phenoxy) is 1. The number of hydrogen-bond donors (Lipinski definition) is 1. The second kappa shape index (κ2) is 7.15. The second-order valence-electron chi connectivity index (χ2n) is 6.43. The zero-order valence-electron chi connectivity index (χ0n) is 14.8. The monoisotopic (exact) mass is 394 g/mol. The van der Waals surface area contributed by atoms with Gasteiger partial charge in [0, 0.05) is 12.1 Å². The molecule has 0 spiro atoms. The van der Waals surface area contributed by atoms with Gasteiger partial charge in [-0.25, -0.2) is 9.69 Å². The van der Waals surface area contributed by atoms with E-state index < -0.39 is 34.7 Å². The summed E-state index contributed by atoms with van der Waals surface area (Å²) in [4.78, 5) is 49.2. The summed E-state index contributed by atoms with van der Waals surface area (Å²) in [6.45, 7) is -0.00713. The van der Waals surface area contributed by atoms with Crippen molar-refractivity contribution in [1.29, 1.82) is 0 Å². The molecule has 0 unspecified atom stereocenters. The number of nitro benzene ring substituents is 1. The number of nitro groups is 1. The molecular formula is C19H14N4O6. The molecule has 0 aromatic heterocycles. The minimum absolute atomic E-state index is 0.00713. The molecule has 2 aliphatic heterocycles. The maximum Gasteiger partial charge on any atom is 0.355 e. The number of benzene rings is 2. The van der Waals surface area contributed by atoms with Crippen molar-refractivity contribution < 1.29 is 24.0 Å². The molecule has 0 aliphatic carbocycles. The fraction of sp³-hybridized carbons (Fsp3) is 0.158. The minimum Gasteiger partial charge on any atom is -0.456 e. The van der Waals surface area contributed by atoms with Crippen molar-refractivity contribution in [2.24, 2.45) is 11.0 Å². The lowest BCUT2D eigenvalue weighted by Gasteiger charge is -2.15. The number of hydrogen-bond acceptors (Lipinski definition) is 8. The SMILES string of the molecule is O=C(OCc1ccccc1)C1=NN[C@H]2C(=O)N(c3cccc([N+](=O)[O-])c3)C(=O)[C@H]12. The Morgan fingerprint density at radius 3 is 2.62 bits per heavy atom. The number of amides is 2. The molecule has 2 aromatic carbocycles. The van der Waals surface area contributed by atoms with E-state index >= 15 is 0 Å². The van der Waals surface area contributed by atoms with Gasteiger partial charge in [-0.05, 0) is 11.6 Å². The maximum atomic E-state index is 12.9. The zero-order chi connectivity index (χ0) is 20.5. The van der Waals surface area contributed by atoms with Crippen LogP contribution < -0.4 is 10.3 Å². The summed E-state index contributed by atoms with van der Waals surface area (Å²) in [6, 6.07) is 13.1. The standard InChI is InChI=1S/C19H14N4O6/c24-17-14-15(18(25)22(17)12-7-4-8-13(9-12)23(27)28)20-21-16(14)19(26)29-10-11-5-2-1-3-6-11/h1-9,14-15,20H,10H2/t14-,15+/m0/s1. The molecule has 10 heteroatoms. The molecule has 1 N–H and O–H groups in total. The Kier molecular flexibility index (Phi) is 4.51. The van der Waals surface area contributed by atoms with E-state index in [0.717, 1.165) is 16.5 Å². The molecule has 2 atom stereocenters. The third-order valence-electron chi connectivity index (χ3n) is 4.65. The van der Waals surface area contributed by atoms with E-state index in [0.29, 0.717) is 0 Å². The highest BCUT2D eigenvalue weighted by Gasteiger charge is 2.55. The smallest absolute Gasteiger partial charge is 0.355 e. The van der Waals surface area contributed by atoms with Gasteiger partial charge in [0.25, 0.3) is 11.6 Å². The van der Waals surface area contributed by atoms with Crippen LogP contribution in [-0.2, 0) is 25.7 Å². The average Bonchev–Trinajstić information content (AvgIpc) is 3.27. The van der Waals surface area contributed by atoms with Crippen LogP contribution in [0.5, 0.6) is 0 Å². The van der Waals surface area contributed by atoms with E-state index in [9.17, 15) is 24.5 Å². The predicted octanol–water partition coefficient (Wildman–Crippen LogP) is 1.16. The fourth-order valence-electron chi connectivity index (χ4n) is 3.25. The van der Waals surface area contributed by atoms with Gasteiger partial charge in [-0.15, -0.1) is 0 Å². The third kappa shape index (κ3) is 3.20. The molecular weight excluding hydrogens is 380 g/mol. The van der Waals surface area contributed by atoms with Crippen LogP contribution in [0.4, 0.5) is 11.4 Å². The topological polar surface area (TPSA) is 131 Å². The molecule has 1 fully saturated rings. The third-order valence-corrected chi connectivity index (χ3v) is 4.65. The average molecular weight is 394 g/mol. The Bertz CT molecular complexity index is 1050. The van der Waals surface area contributed by atoms with Gasteiger partial charge >= 0.3 is 5.97 Å². The molecule has 0 radical (unpaired) electrons. The first kappa shape index (κ1) is 18.3. The summed E-state index contributed by atoms with van der Waals surface area (Å²) in [5.74, 6) is -3.29. The number of imide groups is 1. The zero-order valence-corrected chi connectivity index (χ0v) is 14.8. The number of rotatable bonds is 5. The Hall–Kier alpha value is -4.08. The lowest BCUT2D eigenvalue weighted by Crippen LogP contribution is -2.36. The van der Waals surface area contributed by atoms with E-state index in [-0.39, 0.29) is 23.7 Å². The van der Waals surface area contributed by atoms with Crippen LogP contribution in [0.2, 0.25) is 0 Å². The summed E-state index contributed by atoms with van der Waals surface area (Å²) in [5, 5.41) is 14.8. The predicted molar refractivity (Wildman–Crippen MR) is 99.7 cm³/mol. The highest BCUT2D eigenvalue weighted by atomic mass is 16.6. The lowest BCUT2D eigenvalue weighted by atomic mass is 9.99. The minimum atomic E-state index is -1.15. The number of non-ortho nitro benzene ring substituents is 1. The molecule has 0 saturated carbocycles. The van der Waals surface area contributed by atoms with Crippen LogP contribution >= 0.6 is 0 Å². The van der Waals surface area contributed by atoms with Gasteiger partial charge in [-0.1, -0.05) is 36.4 Å². The van der Waals surface area contributed by atoms with E-state index in [4.69, 9.17) is 4.74 Å². The molecule has 10 nitrogen and oxygen atoms in total. The molecule has 2 heterocycles. The number of carbonyl (C=O) groups is 3. The summed E-state index contributed by atoms with van der Waals surface area (Å²) >= 11 is 0. The first-order valence-electron chi connectivity index (χ1n) is 8.64. The van der Waals surface area contributed by atoms with E-state index in [1.807, 2.05) is 6.07 Å². The number of nitrogens with zero attached hydrogens (tertiary/aromatic N) is 3. The van der Waals surface area contributed by atoms with Gasteiger partial charge in [0.05, 0.1) is 10.6 Å².